The minimum Gasteiger partial charge on any atom is -0.506 e. The lowest BCUT2D eigenvalue weighted by molar-refractivity contribution is 0.104. The minimum absolute atomic E-state index is 0.102. The predicted molar refractivity (Wildman–Crippen MR) is 59.8 cm³/mol. The van der Waals surface area contributed by atoms with Gasteiger partial charge in [0.25, 0.3) is 0 Å². The molecule has 1 aliphatic carbocycles. The Bertz CT molecular complexity index is 515. The molecule has 0 heterocycles. The lowest BCUT2D eigenvalue weighted by Gasteiger charge is -2.00. The van der Waals surface area contributed by atoms with Gasteiger partial charge in [-0.2, -0.15) is 0 Å². The first-order valence-electron chi connectivity index (χ1n) is 4.99. The standard InChI is InChI=1S/C12H11NO3/c1-2-9(13-16)10-11(14)7-5-3-4-6-8(7)12(10)15/h3-6,14,16H,2H2,1H3/b13-9+. The fraction of sp³-hybridized carbons (Fsp3) is 0.167. The van der Waals surface area contributed by atoms with E-state index in [9.17, 15) is 9.90 Å². The van der Waals surface area contributed by atoms with Crippen LogP contribution in [-0.4, -0.2) is 21.8 Å². The highest BCUT2D eigenvalue weighted by atomic mass is 16.4. The van der Waals surface area contributed by atoms with Gasteiger partial charge in [0, 0.05) is 11.1 Å². The van der Waals surface area contributed by atoms with Crippen molar-refractivity contribution < 1.29 is 15.1 Å². The number of benzene rings is 1. The fourth-order valence-corrected chi connectivity index (χ4v) is 1.83. The van der Waals surface area contributed by atoms with Gasteiger partial charge in [0.1, 0.15) is 5.76 Å². The van der Waals surface area contributed by atoms with Crippen molar-refractivity contribution in [2.24, 2.45) is 5.16 Å². The average Bonchev–Trinajstić information content (AvgIpc) is 2.57. The average molecular weight is 217 g/mol. The number of fused-ring (bicyclic) bond motifs is 1. The molecular weight excluding hydrogens is 206 g/mol. The first-order valence-corrected chi connectivity index (χ1v) is 4.99. The number of carbonyl (C=O) groups excluding carboxylic acids is 1. The van der Waals surface area contributed by atoms with Gasteiger partial charge in [0.15, 0.2) is 5.78 Å². The molecule has 2 N–H and O–H groups in total. The van der Waals surface area contributed by atoms with E-state index in [0.29, 0.717) is 17.5 Å². The molecular formula is C12H11NO3. The van der Waals surface area contributed by atoms with Crippen LogP contribution in [0.5, 0.6) is 0 Å². The number of rotatable bonds is 2. The van der Waals surface area contributed by atoms with Crippen LogP contribution < -0.4 is 0 Å². The first-order chi connectivity index (χ1) is 7.70. The van der Waals surface area contributed by atoms with Crippen LogP contribution in [0.1, 0.15) is 29.3 Å². The van der Waals surface area contributed by atoms with E-state index in [0.717, 1.165) is 0 Å². The number of carbonyl (C=O) groups is 1. The maximum Gasteiger partial charge on any atom is 0.199 e. The zero-order valence-corrected chi connectivity index (χ0v) is 8.77. The molecule has 4 nitrogen and oxygen atoms in total. The molecule has 1 aliphatic rings. The summed E-state index contributed by atoms with van der Waals surface area (Å²) in [6.07, 6.45) is 0.385. The van der Waals surface area contributed by atoms with Gasteiger partial charge in [-0.1, -0.05) is 36.3 Å². The van der Waals surface area contributed by atoms with E-state index in [1.807, 2.05) is 0 Å². The summed E-state index contributed by atoms with van der Waals surface area (Å²) in [5.74, 6) is -0.391. The Balaban J connectivity index is 2.61. The van der Waals surface area contributed by atoms with Crippen LogP contribution >= 0.6 is 0 Å². The zero-order valence-electron chi connectivity index (χ0n) is 8.77. The van der Waals surface area contributed by atoms with Crippen molar-refractivity contribution >= 4 is 17.3 Å². The van der Waals surface area contributed by atoms with Gasteiger partial charge in [-0.05, 0) is 6.42 Å². The molecule has 0 aromatic heterocycles. The molecule has 4 heteroatoms. The highest BCUT2D eigenvalue weighted by Crippen LogP contribution is 2.31. The van der Waals surface area contributed by atoms with Gasteiger partial charge < -0.3 is 10.3 Å². The first kappa shape index (κ1) is 10.4. The van der Waals surface area contributed by atoms with Crippen molar-refractivity contribution in [3.8, 4) is 0 Å². The van der Waals surface area contributed by atoms with Crippen molar-refractivity contribution in [3.05, 3.63) is 41.0 Å². The minimum atomic E-state index is -0.289. The summed E-state index contributed by atoms with van der Waals surface area (Å²) in [5, 5.41) is 21.8. The summed E-state index contributed by atoms with van der Waals surface area (Å²) in [6, 6.07) is 6.79. The van der Waals surface area contributed by atoms with Gasteiger partial charge in [-0.15, -0.1) is 0 Å². The highest BCUT2D eigenvalue weighted by molar-refractivity contribution is 6.35. The molecule has 0 spiro atoms. The van der Waals surface area contributed by atoms with Crippen molar-refractivity contribution in [3.63, 3.8) is 0 Å². The van der Waals surface area contributed by atoms with E-state index in [4.69, 9.17) is 5.21 Å². The summed E-state index contributed by atoms with van der Waals surface area (Å²) in [4.78, 5) is 12.0. The second-order valence-corrected chi connectivity index (χ2v) is 3.50. The number of hydrogen-bond acceptors (Lipinski definition) is 4. The van der Waals surface area contributed by atoms with Crippen molar-refractivity contribution in [2.45, 2.75) is 13.3 Å². The molecule has 82 valence electrons. The molecule has 0 fully saturated rings. The van der Waals surface area contributed by atoms with Gasteiger partial charge in [0.05, 0.1) is 11.3 Å². The van der Waals surface area contributed by atoms with Gasteiger partial charge >= 0.3 is 0 Å². The number of Topliss-reactive ketones (excluding diaryl/α,β-unsaturated/α-hetero) is 1. The second-order valence-electron chi connectivity index (χ2n) is 3.50. The van der Waals surface area contributed by atoms with Crippen LogP contribution in [0.4, 0.5) is 0 Å². The Morgan fingerprint density at radius 1 is 1.31 bits per heavy atom. The molecule has 0 atom stereocenters. The van der Waals surface area contributed by atoms with Crippen LogP contribution in [0.2, 0.25) is 0 Å². The number of oxime groups is 1. The molecule has 0 bridgehead atoms. The molecule has 16 heavy (non-hydrogen) atoms. The summed E-state index contributed by atoms with van der Waals surface area (Å²) < 4.78 is 0. The SMILES string of the molecule is CC/C(=N\O)C1=C(O)c2ccccc2C1=O. The largest absolute Gasteiger partial charge is 0.506 e. The Hall–Kier alpha value is -2.10. The van der Waals surface area contributed by atoms with Crippen molar-refractivity contribution in [1.82, 2.24) is 0 Å². The summed E-state index contributed by atoms with van der Waals surface area (Å²) in [7, 11) is 0. The molecule has 1 aromatic carbocycles. The highest BCUT2D eigenvalue weighted by Gasteiger charge is 2.31. The lowest BCUT2D eigenvalue weighted by atomic mass is 10.0. The third kappa shape index (κ3) is 1.31. The van der Waals surface area contributed by atoms with Crippen LogP contribution in [0.25, 0.3) is 5.76 Å². The van der Waals surface area contributed by atoms with E-state index in [1.165, 1.54) is 0 Å². The molecule has 0 saturated heterocycles. The molecule has 0 saturated carbocycles. The molecule has 0 aliphatic heterocycles. The van der Waals surface area contributed by atoms with E-state index in [-0.39, 0.29) is 22.8 Å². The van der Waals surface area contributed by atoms with E-state index < -0.39 is 0 Å². The van der Waals surface area contributed by atoms with Gasteiger partial charge in [0.2, 0.25) is 0 Å². The van der Waals surface area contributed by atoms with E-state index in [2.05, 4.69) is 5.16 Å². The fourth-order valence-electron chi connectivity index (χ4n) is 1.83. The number of aliphatic hydroxyl groups excluding tert-OH is 1. The zero-order chi connectivity index (χ0) is 11.7. The van der Waals surface area contributed by atoms with Crippen LogP contribution in [0, 0.1) is 0 Å². The molecule has 1 aromatic rings. The Labute approximate surface area is 92.5 Å². The van der Waals surface area contributed by atoms with Crippen molar-refractivity contribution in [2.75, 3.05) is 0 Å². The third-order valence-electron chi connectivity index (χ3n) is 2.63. The normalized spacial score (nSPS) is 15.6. The van der Waals surface area contributed by atoms with Crippen LogP contribution in [-0.2, 0) is 0 Å². The number of nitrogens with zero attached hydrogens (tertiary/aromatic N) is 1. The van der Waals surface area contributed by atoms with Gasteiger partial charge in [-0.3, -0.25) is 4.79 Å². The molecule has 0 amide bonds. The monoisotopic (exact) mass is 217 g/mol. The number of hydrogen-bond donors (Lipinski definition) is 2. The Kier molecular flexibility index (Phi) is 2.48. The Morgan fingerprint density at radius 3 is 2.44 bits per heavy atom. The summed E-state index contributed by atoms with van der Waals surface area (Å²) in [5.41, 5.74) is 1.26. The number of allylic oxidation sites excluding steroid dienone is 1. The molecule has 2 rings (SSSR count). The molecule has 0 radical (unpaired) electrons. The summed E-state index contributed by atoms with van der Waals surface area (Å²) >= 11 is 0. The van der Waals surface area contributed by atoms with Gasteiger partial charge in [-0.25, -0.2) is 0 Å². The van der Waals surface area contributed by atoms with E-state index in [1.54, 1.807) is 31.2 Å². The van der Waals surface area contributed by atoms with Crippen LogP contribution in [0.15, 0.2) is 35.0 Å². The quantitative estimate of drug-likeness (QED) is 0.454. The topological polar surface area (TPSA) is 69.9 Å². The van der Waals surface area contributed by atoms with E-state index >= 15 is 0 Å². The Morgan fingerprint density at radius 2 is 1.94 bits per heavy atom. The lowest BCUT2D eigenvalue weighted by Crippen LogP contribution is -2.09. The maximum absolute atomic E-state index is 12.0. The second kappa shape index (κ2) is 3.81. The third-order valence-corrected chi connectivity index (χ3v) is 2.63. The number of aliphatic hydroxyl groups is 1. The smallest absolute Gasteiger partial charge is 0.199 e. The maximum atomic E-state index is 12.0. The number of ketones is 1. The molecule has 0 unspecified atom stereocenters. The van der Waals surface area contributed by atoms with Crippen LogP contribution in [0.3, 0.4) is 0 Å². The predicted octanol–water partition coefficient (Wildman–Crippen LogP) is 2.39. The summed E-state index contributed by atoms with van der Waals surface area (Å²) in [6.45, 7) is 1.76. The van der Waals surface area contributed by atoms with Crippen molar-refractivity contribution in [1.29, 1.82) is 0 Å².